The molecule has 0 aliphatic heterocycles. The summed E-state index contributed by atoms with van der Waals surface area (Å²) in [5, 5.41) is 93.7. The second kappa shape index (κ2) is 22.9. The molecule has 2 heterocycles. The van der Waals surface area contributed by atoms with Crippen molar-refractivity contribution in [3.05, 3.63) is 261 Å². The number of hydrogen-bond donors (Lipinski definition) is 0. The van der Waals surface area contributed by atoms with Crippen LogP contribution in [0.5, 0.6) is 0 Å². The molecule has 0 fully saturated rings. The van der Waals surface area contributed by atoms with Crippen molar-refractivity contribution in [1.29, 1.82) is 47.4 Å². The molecule has 0 saturated heterocycles. The molecule has 0 spiro atoms. The summed E-state index contributed by atoms with van der Waals surface area (Å²) in [7, 11) is 0. The summed E-state index contributed by atoms with van der Waals surface area (Å²) in [4.78, 5) is 0. The van der Waals surface area contributed by atoms with Crippen molar-refractivity contribution in [2.75, 3.05) is 0 Å². The highest BCUT2D eigenvalue weighted by Crippen LogP contribution is 2.47. The minimum atomic E-state index is -5.21. The Labute approximate surface area is 530 Å². The van der Waals surface area contributed by atoms with E-state index < -0.39 is 29.0 Å². The van der Waals surface area contributed by atoms with E-state index in [2.05, 4.69) is 54.6 Å². The van der Waals surface area contributed by atoms with Crippen molar-refractivity contribution in [2.24, 2.45) is 0 Å². The van der Waals surface area contributed by atoms with Gasteiger partial charge in [-0.05, 0) is 195 Å². The lowest BCUT2D eigenvalue weighted by Gasteiger charge is -2.21. The molecular weight excluding hydrogens is 1190 g/mol. The van der Waals surface area contributed by atoms with Gasteiger partial charge in [-0.2, -0.15) is 73.7 Å². The van der Waals surface area contributed by atoms with Gasteiger partial charge in [-0.15, -0.1) is 0 Å². The Kier molecular flexibility index (Phi) is 14.4. The third-order valence-corrected chi connectivity index (χ3v) is 16.7. The number of nitrogens with zero attached hydrogens (tertiary/aromatic N) is 11. The number of benzene rings is 11. The monoisotopic (exact) mass is 1230 g/mol. The topological polar surface area (TPSA) is 224 Å². The molecule has 2 aromatic heterocycles. The first-order valence-corrected chi connectivity index (χ1v) is 28.4. The molecule has 0 aliphatic rings. The number of aromatic nitrogens is 2. The van der Waals surface area contributed by atoms with Crippen molar-refractivity contribution in [3.63, 3.8) is 0 Å². The molecule has 0 atom stereocenters. The van der Waals surface area contributed by atoms with Crippen LogP contribution in [-0.2, 0) is 12.4 Å². The first-order valence-electron chi connectivity index (χ1n) is 28.4. The van der Waals surface area contributed by atoms with Gasteiger partial charge in [-0.25, -0.2) is 0 Å². The van der Waals surface area contributed by atoms with Crippen LogP contribution in [-0.4, -0.2) is 9.13 Å². The average molecular weight is 1230 g/mol. The highest BCUT2D eigenvalue weighted by atomic mass is 19.4. The molecule has 0 saturated carbocycles. The quantitative estimate of drug-likeness (QED) is 0.132. The molecular formula is C77H33F6N11. The van der Waals surface area contributed by atoms with Gasteiger partial charge in [0.05, 0.1) is 149 Å². The molecule has 0 radical (unpaired) electrons. The smallest absolute Gasteiger partial charge is 0.309 e. The lowest BCUT2D eigenvalue weighted by atomic mass is 9.93. The number of halogens is 6. The van der Waals surface area contributed by atoms with Gasteiger partial charge in [0, 0.05) is 32.7 Å². The maximum absolute atomic E-state index is 14.8. The van der Waals surface area contributed by atoms with Crippen LogP contribution in [0.25, 0.3) is 122 Å². The van der Waals surface area contributed by atoms with E-state index in [4.69, 9.17) is 0 Å². The molecule has 13 aromatic rings. The van der Waals surface area contributed by atoms with Gasteiger partial charge >= 0.3 is 12.4 Å². The van der Waals surface area contributed by atoms with Crippen LogP contribution in [0, 0.1) is 102 Å². The molecule has 13 rings (SSSR count). The van der Waals surface area contributed by atoms with Gasteiger partial charge in [0.15, 0.2) is 0 Å². The van der Waals surface area contributed by atoms with Crippen LogP contribution in [0.2, 0.25) is 0 Å². The van der Waals surface area contributed by atoms with Crippen LogP contribution in [0.4, 0.5) is 26.3 Å². The summed E-state index contributed by atoms with van der Waals surface area (Å²) in [6.07, 6.45) is -10.4. The molecule has 0 amide bonds. The Balaban J connectivity index is 1.15. The van der Waals surface area contributed by atoms with Crippen LogP contribution < -0.4 is 0 Å². The Bertz CT molecular complexity index is 5620. The van der Waals surface area contributed by atoms with Crippen molar-refractivity contribution in [2.45, 2.75) is 12.4 Å². The third-order valence-electron chi connectivity index (χ3n) is 16.7. The summed E-state index contributed by atoms with van der Waals surface area (Å²) in [5.74, 6) is 0. The van der Waals surface area contributed by atoms with Crippen LogP contribution >= 0.6 is 0 Å². The molecule has 0 unspecified atom stereocenters. The third kappa shape index (κ3) is 10.1. The van der Waals surface area contributed by atoms with Crippen molar-refractivity contribution < 1.29 is 26.3 Å². The average Bonchev–Trinajstić information content (AvgIpc) is 1.56. The second-order valence-electron chi connectivity index (χ2n) is 21.9. The molecule has 0 aliphatic carbocycles. The molecule has 11 aromatic carbocycles. The minimum Gasteiger partial charge on any atom is -0.309 e. The van der Waals surface area contributed by atoms with Gasteiger partial charge < -0.3 is 9.13 Å². The maximum Gasteiger partial charge on any atom is 0.416 e. The van der Waals surface area contributed by atoms with Gasteiger partial charge in [-0.3, -0.25) is 0 Å². The Morgan fingerprint density at radius 1 is 0.234 bits per heavy atom. The van der Waals surface area contributed by atoms with Crippen molar-refractivity contribution >= 4 is 43.6 Å². The van der Waals surface area contributed by atoms with E-state index in [1.54, 1.807) is 115 Å². The van der Waals surface area contributed by atoms with Gasteiger partial charge in [0.25, 0.3) is 0 Å². The van der Waals surface area contributed by atoms with E-state index >= 15 is 0 Å². The standard InChI is InChI=1S/C77H33F6N11/c78-76(79,80)58-26-53(27-59(33-58)77(81,82)83)48-6-16-70(93-71-17-7-49(60-11-1-43(34-84)21-54(60)39-89)29-66(71)67-30-50(8-18-72(67)93)61-12-2-44(35-85)22-55(61)40-90)65(28-48)64-15-5-47(38-88)25-75(64)94-73-19-9-51(62-13-3-45(36-86)23-56(62)41-91)31-68(73)69-32-52(10-20-74(69)94)63-14-4-46(37-87)24-57(63)42-92/h1-33H. The fraction of sp³-hybridized carbons (Fsp3) is 0.0260. The van der Waals surface area contributed by atoms with Crippen LogP contribution in [0.3, 0.4) is 0 Å². The van der Waals surface area contributed by atoms with Crippen molar-refractivity contribution in [1.82, 2.24) is 9.13 Å². The lowest BCUT2D eigenvalue weighted by molar-refractivity contribution is -0.143. The molecule has 17 heteroatoms. The fourth-order valence-electron chi connectivity index (χ4n) is 12.3. The number of alkyl halides is 6. The number of fused-ring (bicyclic) bond motifs is 6. The predicted octanol–water partition coefficient (Wildman–Crippen LogP) is 18.8. The summed E-state index contributed by atoms with van der Waals surface area (Å²) in [6, 6.07) is 70.4. The Morgan fingerprint density at radius 2 is 0.532 bits per heavy atom. The van der Waals surface area contributed by atoms with Gasteiger partial charge in [0.1, 0.15) is 0 Å². The lowest BCUT2D eigenvalue weighted by Crippen LogP contribution is -2.11. The Hall–Kier alpha value is -14.0. The summed E-state index contributed by atoms with van der Waals surface area (Å²) in [6.45, 7) is 0. The zero-order chi connectivity index (χ0) is 65.9. The zero-order valence-electron chi connectivity index (χ0n) is 48.2. The number of hydrogen-bond acceptors (Lipinski definition) is 9. The zero-order valence-corrected chi connectivity index (χ0v) is 48.2. The minimum absolute atomic E-state index is 0.0526. The van der Waals surface area contributed by atoms with E-state index in [1.807, 2.05) is 33.4 Å². The predicted molar refractivity (Wildman–Crippen MR) is 340 cm³/mol. The molecule has 438 valence electrons. The number of rotatable bonds is 8. The Morgan fingerprint density at radius 3 is 0.840 bits per heavy atom. The van der Waals surface area contributed by atoms with Crippen molar-refractivity contribution in [3.8, 4) is 133 Å². The van der Waals surface area contributed by atoms with E-state index in [9.17, 15) is 73.7 Å². The summed E-state index contributed by atoms with van der Waals surface area (Å²) in [5.41, 5.74) is 5.89. The highest BCUT2D eigenvalue weighted by molar-refractivity contribution is 6.14. The fourth-order valence-corrected chi connectivity index (χ4v) is 12.3. The molecule has 11 nitrogen and oxygen atoms in total. The first-order chi connectivity index (χ1) is 45.4. The molecule has 0 bridgehead atoms. The number of nitriles is 9. The maximum atomic E-state index is 14.8. The first kappa shape index (κ1) is 59.0. The van der Waals surface area contributed by atoms with Gasteiger partial charge in [-0.1, -0.05) is 60.7 Å². The van der Waals surface area contributed by atoms with E-state index in [-0.39, 0.29) is 67.3 Å². The van der Waals surface area contributed by atoms with Crippen LogP contribution in [0.1, 0.15) is 61.2 Å². The highest BCUT2D eigenvalue weighted by Gasteiger charge is 2.37. The summed E-state index contributed by atoms with van der Waals surface area (Å²) < 4.78 is 92.4. The van der Waals surface area contributed by atoms with Crippen LogP contribution in [0.15, 0.2) is 200 Å². The molecule has 94 heavy (non-hydrogen) atoms. The molecule has 0 N–H and O–H groups in total. The largest absolute Gasteiger partial charge is 0.416 e. The SMILES string of the molecule is N#Cc1ccc(-c2ccc3c(c2)c2cc(-c4ccc(C#N)cc4C#N)ccc2n3-c2ccc(-c3cc(C(F)(F)F)cc(C(F)(F)F)c3)cc2-c2ccc(C#N)cc2-n2c3ccc(-c4ccc(C#N)cc4C#N)cc3c3cc(-c4ccc(C#N)cc4C#N)ccc32)c(C#N)c1. The normalized spacial score (nSPS) is 11.2. The van der Waals surface area contributed by atoms with E-state index in [0.29, 0.717) is 117 Å². The second-order valence-corrected chi connectivity index (χ2v) is 21.9. The van der Waals surface area contributed by atoms with Gasteiger partial charge in [0.2, 0.25) is 0 Å². The van der Waals surface area contributed by atoms with E-state index in [0.717, 1.165) is 0 Å². The summed E-state index contributed by atoms with van der Waals surface area (Å²) >= 11 is 0. The van der Waals surface area contributed by atoms with E-state index in [1.165, 1.54) is 42.5 Å².